The molecule has 4 heteroatoms. The van der Waals surface area contributed by atoms with Crippen molar-refractivity contribution in [2.24, 2.45) is 4.99 Å². The van der Waals surface area contributed by atoms with E-state index in [0.29, 0.717) is 5.75 Å². The summed E-state index contributed by atoms with van der Waals surface area (Å²) in [5.41, 5.74) is 0. The van der Waals surface area contributed by atoms with E-state index >= 15 is 0 Å². The second-order valence-corrected chi connectivity index (χ2v) is 3.28. The summed E-state index contributed by atoms with van der Waals surface area (Å²) in [6.45, 7) is 4.00. The van der Waals surface area contributed by atoms with E-state index in [4.69, 9.17) is 0 Å². The molecule has 0 aromatic heterocycles. The lowest BCUT2D eigenvalue weighted by atomic mass is 10.8. The van der Waals surface area contributed by atoms with Crippen LogP contribution in [0.15, 0.2) is 4.99 Å². The van der Waals surface area contributed by atoms with Crippen LogP contribution in [0.3, 0.4) is 0 Å². The molecule has 0 unspecified atom stereocenters. The van der Waals surface area contributed by atoms with Crippen LogP contribution in [0.2, 0.25) is 0 Å². The van der Waals surface area contributed by atoms with Gasteiger partial charge in [0.25, 0.3) is 5.91 Å². The average molecular weight is 177 g/mol. The summed E-state index contributed by atoms with van der Waals surface area (Å²) in [6, 6.07) is 0. The number of thioether (sulfide) groups is 2. The molecule has 0 bridgehead atoms. The van der Waals surface area contributed by atoms with Crippen molar-refractivity contribution < 1.29 is 4.79 Å². The Hall–Kier alpha value is 0.0400. The van der Waals surface area contributed by atoms with Crippen LogP contribution in [0.4, 0.5) is 0 Å². The number of aliphatic imine (C=N–C) groups is 1. The molecule has 1 aliphatic rings. The Balaban J connectivity index is 0.000000371. The van der Waals surface area contributed by atoms with Gasteiger partial charge in [-0.05, 0) is 6.26 Å². The highest BCUT2D eigenvalue weighted by atomic mass is 32.2. The highest BCUT2D eigenvalue weighted by molar-refractivity contribution is 8.39. The molecule has 1 rings (SSSR count). The topological polar surface area (TPSA) is 29.4 Å². The molecule has 10 heavy (non-hydrogen) atoms. The van der Waals surface area contributed by atoms with Crippen LogP contribution in [0.25, 0.3) is 0 Å². The number of hydrogen-bond donors (Lipinski definition) is 0. The second kappa shape index (κ2) is 5.80. The first-order valence-corrected chi connectivity index (χ1v) is 5.32. The summed E-state index contributed by atoms with van der Waals surface area (Å²) in [7, 11) is 0. The van der Waals surface area contributed by atoms with E-state index in [1.165, 1.54) is 23.5 Å². The number of carbonyl (C=O) groups is 1. The van der Waals surface area contributed by atoms with Gasteiger partial charge in [-0.2, -0.15) is 4.99 Å². The predicted molar refractivity (Wildman–Crippen MR) is 49.8 cm³/mol. The lowest BCUT2D eigenvalue weighted by Crippen LogP contribution is -1.86. The third kappa shape index (κ3) is 3.27. The van der Waals surface area contributed by atoms with Crippen LogP contribution in [0.5, 0.6) is 0 Å². The Labute approximate surface area is 69.9 Å². The van der Waals surface area contributed by atoms with Crippen LogP contribution in [-0.4, -0.2) is 22.3 Å². The first-order chi connectivity index (χ1) is 4.83. The summed E-state index contributed by atoms with van der Waals surface area (Å²) < 4.78 is 0.898. The maximum absolute atomic E-state index is 10.4. The van der Waals surface area contributed by atoms with E-state index in [1.54, 1.807) is 0 Å². The zero-order valence-electron chi connectivity index (χ0n) is 6.38. The maximum Gasteiger partial charge on any atom is 0.257 e. The largest absolute Gasteiger partial charge is 0.272 e. The van der Waals surface area contributed by atoms with Crippen molar-refractivity contribution in [1.29, 1.82) is 0 Å². The van der Waals surface area contributed by atoms with E-state index in [1.807, 2.05) is 20.1 Å². The summed E-state index contributed by atoms with van der Waals surface area (Å²) >= 11 is 3.04. The molecule has 0 N–H and O–H groups in total. The second-order valence-electron chi connectivity index (χ2n) is 1.26. The molecule has 0 radical (unpaired) electrons. The van der Waals surface area contributed by atoms with Crippen molar-refractivity contribution in [1.82, 2.24) is 0 Å². The molecule has 0 aromatic rings. The molecule has 0 aromatic carbocycles. The van der Waals surface area contributed by atoms with Crippen molar-refractivity contribution in [3.63, 3.8) is 0 Å². The molecule has 2 nitrogen and oxygen atoms in total. The van der Waals surface area contributed by atoms with Crippen molar-refractivity contribution in [2.75, 3.05) is 12.0 Å². The van der Waals surface area contributed by atoms with E-state index < -0.39 is 0 Å². The fourth-order valence-corrected chi connectivity index (χ4v) is 1.71. The van der Waals surface area contributed by atoms with Gasteiger partial charge in [0.2, 0.25) is 0 Å². The normalized spacial score (nSPS) is 15.9. The van der Waals surface area contributed by atoms with E-state index in [2.05, 4.69) is 4.99 Å². The minimum absolute atomic E-state index is 0.000602. The van der Waals surface area contributed by atoms with Gasteiger partial charge in [0.05, 0.1) is 5.75 Å². The molecule has 1 aliphatic heterocycles. The lowest BCUT2D eigenvalue weighted by molar-refractivity contribution is -0.115. The van der Waals surface area contributed by atoms with E-state index in [0.717, 1.165) is 4.38 Å². The smallest absolute Gasteiger partial charge is 0.257 e. The molecule has 1 amide bonds. The summed E-state index contributed by atoms with van der Waals surface area (Å²) in [5.74, 6) is 0.537. The first-order valence-electron chi connectivity index (χ1n) is 3.11. The third-order valence-corrected chi connectivity index (χ3v) is 2.73. The van der Waals surface area contributed by atoms with E-state index in [9.17, 15) is 4.79 Å². The van der Waals surface area contributed by atoms with Gasteiger partial charge in [-0.1, -0.05) is 25.6 Å². The van der Waals surface area contributed by atoms with Crippen molar-refractivity contribution in [3.8, 4) is 0 Å². The molecular weight excluding hydrogens is 166 g/mol. The average Bonchev–Trinajstić information content (AvgIpc) is 2.40. The Kier molecular flexibility index (Phi) is 5.82. The number of rotatable bonds is 0. The van der Waals surface area contributed by atoms with Crippen molar-refractivity contribution in [2.45, 2.75) is 13.8 Å². The fourth-order valence-electron chi connectivity index (χ4n) is 0.394. The lowest BCUT2D eigenvalue weighted by Gasteiger charge is -1.83. The standard InChI is InChI=1S/C4H5NOS2.C2H6/c1-7-4-5-3(6)2-8-4;1-2/h2H2,1H3;1-2H3. The summed E-state index contributed by atoms with van der Waals surface area (Å²) in [6.07, 6.45) is 1.92. The van der Waals surface area contributed by atoms with Crippen LogP contribution in [0.1, 0.15) is 13.8 Å². The number of carbonyl (C=O) groups excluding carboxylic acids is 1. The maximum atomic E-state index is 10.4. The fraction of sp³-hybridized carbons (Fsp3) is 0.667. The Morgan fingerprint density at radius 1 is 1.60 bits per heavy atom. The van der Waals surface area contributed by atoms with Crippen LogP contribution in [-0.2, 0) is 4.79 Å². The predicted octanol–water partition coefficient (Wildman–Crippen LogP) is 2.00. The SMILES string of the molecule is CC.CSC1=NC(=O)CS1. The zero-order chi connectivity index (χ0) is 7.98. The molecule has 0 spiro atoms. The van der Waals surface area contributed by atoms with Crippen molar-refractivity contribution in [3.05, 3.63) is 0 Å². The Morgan fingerprint density at radius 3 is 2.40 bits per heavy atom. The van der Waals surface area contributed by atoms with Crippen LogP contribution < -0.4 is 0 Å². The van der Waals surface area contributed by atoms with Gasteiger partial charge in [0.1, 0.15) is 4.38 Å². The van der Waals surface area contributed by atoms with Crippen LogP contribution >= 0.6 is 23.5 Å². The molecule has 0 aliphatic carbocycles. The first kappa shape index (κ1) is 10.0. The molecule has 1 heterocycles. The molecule has 0 atom stereocenters. The summed E-state index contributed by atoms with van der Waals surface area (Å²) in [5, 5.41) is 0. The third-order valence-electron chi connectivity index (χ3n) is 0.710. The van der Waals surface area contributed by atoms with E-state index in [-0.39, 0.29) is 5.91 Å². The van der Waals surface area contributed by atoms with Gasteiger partial charge < -0.3 is 0 Å². The highest BCUT2D eigenvalue weighted by Gasteiger charge is 2.12. The number of amides is 1. The highest BCUT2D eigenvalue weighted by Crippen LogP contribution is 2.19. The van der Waals surface area contributed by atoms with Gasteiger partial charge in [-0.3, -0.25) is 4.79 Å². The summed E-state index contributed by atoms with van der Waals surface area (Å²) in [4.78, 5) is 14.1. The molecule has 0 saturated carbocycles. The molecule has 0 saturated heterocycles. The quantitative estimate of drug-likeness (QED) is 0.567. The number of hydrogen-bond acceptors (Lipinski definition) is 3. The minimum Gasteiger partial charge on any atom is -0.272 e. The van der Waals surface area contributed by atoms with Gasteiger partial charge in [-0.15, -0.1) is 11.8 Å². The van der Waals surface area contributed by atoms with Gasteiger partial charge in [0, 0.05) is 0 Å². The molecular formula is C6H11NOS2. The van der Waals surface area contributed by atoms with Gasteiger partial charge in [0.15, 0.2) is 0 Å². The number of nitrogens with zero attached hydrogens (tertiary/aromatic N) is 1. The van der Waals surface area contributed by atoms with Gasteiger partial charge in [-0.25, -0.2) is 0 Å². The monoisotopic (exact) mass is 177 g/mol. The molecule has 58 valence electrons. The van der Waals surface area contributed by atoms with Gasteiger partial charge >= 0.3 is 0 Å². The minimum atomic E-state index is -0.000602. The Bertz CT molecular complexity index is 145. The molecule has 0 fully saturated rings. The zero-order valence-corrected chi connectivity index (χ0v) is 8.01. The van der Waals surface area contributed by atoms with Crippen molar-refractivity contribution >= 4 is 33.8 Å². The Morgan fingerprint density at radius 2 is 2.20 bits per heavy atom. The van der Waals surface area contributed by atoms with Crippen LogP contribution in [0, 0.1) is 0 Å².